The van der Waals surface area contributed by atoms with Crippen LogP contribution in [0.5, 0.6) is 0 Å². The lowest BCUT2D eigenvalue weighted by molar-refractivity contribution is -0.144. The highest BCUT2D eigenvalue weighted by Gasteiger charge is 2.49. The van der Waals surface area contributed by atoms with E-state index in [0.717, 1.165) is 18.3 Å². The van der Waals surface area contributed by atoms with Gasteiger partial charge < -0.3 is 15.3 Å². The largest absolute Gasteiger partial charge is 0.465 e. The van der Waals surface area contributed by atoms with Gasteiger partial charge in [-0.2, -0.15) is 13.2 Å². The standard InChI is InChI=1S/C21H26F3N3O3/c1-13(2)20(7-3-16(12-20)26-19(29)30)18(28)27-9-5-14(6-10-27)17-11-15(4-8-25-17)21(22,23)24/h4-5,8,11,13,16,26H,3,6-7,9-10,12H2,1-2H3,(H,29,30)/t16-,20+/m1/s1. The van der Waals surface area contributed by atoms with Crippen molar-refractivity contribution in [3.05, 3.63) is 35.7 Å². The molecule has 3 rings (SSSR count). The first kappa shape index (κ1) is 22.1. The Morgan fingerprint density at radius 3 is 2.67 bits per heavy atom. The molecule has 0 saturated heterocycles. The Labute approximate surface area is 173 Å². The van der Waals surface area contributed by atoms with E-state index in [0.29, 0.717) is 44.3 Å². The fourth-order valence-electron chi connectivity index (χ4n) is 4.52. The minimum Gasteiger partial charge on any atom is -0.465 e. The Morgan fingerprint density at radius 1 is 1.37 bits per heavy atom. The number of pyridine rings is 1. The summed E-state index contributed by atoms with van der Waals surface area (Å²) in [6.07, 6.45) is -0.509. The second-order valence-electron chi connectivity index (χ2n) is 8.36. The summed E-state index contributed by atoms with van der Waals surface area (Å²) in [7, 11) is 0. The number of rotatable bonds is 4. The van der Waals surface area contributed by atoms with Gasteiger partial charge in [0.05, 0.1) is 16.7 Å². The van der Waals surface area contributed by atoms with Gasteiger partial charge in [-0.15, -0.1) is 0 Å². The lowest BCUT2D eigenvalue weighted by Crippen LogP contribution is -2.48. The van der Waals surface area contributed by atoms with Crippen LogP contribution in [0.25, 0.3) is 5.57 Å². The molecule has 0 radical (unpaired) electrons. The van der Waals surface area contributed by atoms with E-state index in [-0.39, 0.29) is 23.6 Å². The fourth-order valence-corrected chi connectivity index (χ4v) is 4.52. The van der Waals surface area contributed by atoms with E-state index in [2.05, 4.69) is 10.3 Å². The topological polar surface area (TPSA) is 82.5 Å². The maximum atomic E-state index is 13.4. The molecule has 2 heterocycles. The molecule has 1 fully saturated rings. The summed E-state index contributed by atoms with van der Waals surface area (Å²) >= 11 is 0. The number of carbonyl (C=O) groups excluding carboxylic acids is 1. The molecule has 0 aromatic carbocycles. The molecule has 30 heavy (non-hydrogen) atoms. The van der Waals surface area contributed by atoms with E-state index in [9.17, 15) is 22.8 Å². The second kappa shape index (κ2) is 8.28. The highest BCUT2D eigenvalue weighted by atomic mass is 19.4. The zero-order chi connectivity index (χ0) is 22.1. The second-order valence-corrected chi connectivity index (χ2v) is 8.36. The molecular formula is C21H26F3N3O3. The highest BCUT2D eigenvalue weighted by Crippen LogP contribution is 2.46. The molecule has 0 bridgehead atoms. The van der Waals surface area contributed by atoms with Crippen molar-refractivity contribution in [2.75, 3.05) is 13.1 Å². The van der Waals surface area contributed by atoms with Crippen molar-refractivity contribution < 1.29 is 27.9 Å². The summed E-state index contributed by atoms with van der Waals surface area (Å²) in [5.41, 5.74) is -0.399. The molecule has 164 valence electrons. The molecule has 2 amide bonds. The van der Waals surface area contributed by atoms with Crippen molar-refractivity contribution in [2.24, 2.45) is 11.3 Å². The van der Waals surface area contributed by atoms with Crippen LogP contribution in [0.15, 0.2) is 24.4 Å². The van der Waals surface area contributed by atoms with Crippen LogP contribution in [0.4, 0.5) is 18.0 Å². The number of aromatic nitrogens is 1. The summed E-state index contributed by atoms with van der Waals surface area (Å²) in [5, 5.41) is 11.5. The van der Waals surface area contributed by atoms with Gasteiger partial charge in [0.2, 0.25) is 5.91 Å². The van der Waals surface area contributed by atoms with Crippen LogP contribution >= 0.6 is 0 Å². The molecule has 1 aromatic rings. The molecule has 2 N–H and O–H groups in total. The predicted molar refractivity (Wildman–Crippen MR) is 104 cm³/mol. The number of nitrogens with one attached hydrogen (secondary N) is 1. The molecule has 1 aliphatic heterocycles. The van der Waals surface area contributed by atoms with Crippen LogP contribution in [0.3, 0.4) is 0 Å². The molecule has 2 atom stereocenters. The number of carbonyl (C=O) groups is 2. The Hall–Kier alpha value is -2.58. The number of hydrogen-bond donors (Lipinski definition) is 2. The van der Waals surface area contributed by atoms with Crippen LogP contribution in [-0.2, 0) is 11.0 Å². The summed E-state index contributed by atoms with van der Waals surface area (Å²) in [6.45, 7) is 4.64. The first-order chi connectivity index (χ1) is 14.0. The number of amides is 2. The predicted octanol–water partition coefficient (Wildman–Crippen LogP) is 4.18. The van der Waals surface area contributed by atoms with E-state index in [1.165, 1.54) is 0 Å². The zero-order valence-corrected chi connectivity index (χ0v) is 17.0. The number of carboxylic acid groups (broad SMARTS) is 1. The van der Waals surface area contributed by atoms with E-state index in [1.54, 1.807) is 11.0 Å². The van der Waals surface area contributed by atoms with Crippen molar-refractivity contribution in [2.45, 2.75) is 51.7 Å². The number of hydrogen-bond acceptors (Lipinski definition) is 3. The van der Waals surface area contributed by atoms with Crippen LogP contribution in [0.2, 0.25) is 0 Å². The maximum absolute atomic E-state index is 13.4. The summed E-state index contributed by atoms with van der Waals surface area (Å²) < 4.78 is 38.9. The van der Waals surface area contributed by atoms with Crippen molar-refractivity contribution in [3.8, 4) is 0 Å². The monoisotopic (exact) mass is 425 g/mol. The van der Waals surface area contributed by atoms with Gasteiger partial charge in [0, 0.05) is 25.3 Å². The molecule has 0 spiro atoms. The van der Waals surface area contributed by atoms with Crippen LogP contribution in [0.1, 0.15) is 50.8 Å². The van der Waals surface area contributed by atoms with Gasteiger partial charge in [-0.25, -0.2) is 4.79 Å². The first-order valence-corrected chi connectivity index (χ1v) is 10.0. The smallest absolute Gasteiger partial charge is 0.416 e. The normalized spacial score (nSPS) is 24.7. The third kappa shape index (κ3) is 4.44. The molecular weight excluding hydrogens is 399 g/mol. The van der Waals surface area contributed by atoms with Crippen LogP contribution in [0, 0.1) is 11.3 Å². The molecule has 1 aromatic heterocycles. The number of alkyl halides is 3. The Morgan fingerprint density at radius 2 is 2.10 bits per heavy atom. The van der Waals surface area contributed by atoms with Crippen LogP contribution < -0.4 is 5.32 Å². The number of nitrogens with zero attached hydrogens (tertiary/aromatic N) is 2. The Balaban J connectivity index is 1.74. The molecule has 1 saturated carbocycles. The van der Waals surface area contributed by atoms with E-state index < -0.39 is 23.2 Å². The van der Waals surface area contributed by atoms with Gasteiger partial charge >= 0.3 is 12.3 Å². The van der Waals surface area contributed by atoms with Gasteiger partial charge in [-0.1, -0.05) is 19.9 Å². The zero-order valence-electron chi connectivity index (χ0n) is 17.0. The summed E-state index contributed by atoms with van der Waals surface area (Å²) in [4.78, 5) is 30.1. The van der Waals surface area contributed by atoms with E-state index >= 15 is 0 Å². The lowest BCUT2D eigenvalue weighted by Gasteiger charge is -2.38. The third-order valence-electron chi connectivity index (χ3n) is 6.32. The van der Waals surface area contributed by atoms with Crippen molar-refractivity contribution in [3.63, 3.8) is 0 Å². The summed E-state index contributed by atoms with van der Waals surface area (Å²) in [5.74, 6) is 0.0283. The Kier molecular flexibility index (Phi) is 6.10. The molecule has 0 unspecified atom stereocenters. The highest BCUT2D eigenvalue weighted by molar-refractivity contribution is 5.85. The van der Waals surface area contributed by atoms with E-state index in [4.69, 9.17) is 5.11 Å². The molecule has 2 aliphatic rings. The maximum Gasteiger partial charge on any atom is 0.416 e. The minimum absolute atomic E-state index is 0.0144. The molecule has 1 aliphatic carbocycles. The van der Waals surface area contributed by atoms with Gasteiger partial charge in [-0.3, -0.25) is 9.78 Å². The molecule has 9 heteroatoms. The minimum atomic E-state index is -4.43. The van der Waals surface area contributed by atoms with Gasteiger partial charge in [0.15, 0.2) is 0 Å². The van der Waals surface area contributed by atoms with Crippen LogP contribution in [-0.4, -0.2) is 46.1 Å². The quantitative estimate of drug-likeness (QED) is 0.758. The first-order valence-electron chi connectivity index (χ1n) is 10.0. The van der Waals surface area contributed by atoms with Gasteiger partial charge in [0.1, 0.15) is 0 Å². The van der Waals surface area contributed by atoms with Gasteiger partial charge in [0.25, 0.3) is 0 Å². The SMILES string of the molecule is CC(C)[C@]1(C(=O)N2CC=C(c3cc(C(F)(F)F)ccn3)CC2)CC[C@@H](NC(=O)O)C1. The fraction of sp³-hybridized carbons (Fsp3) is 0.571. The third-order valence-corrected chi connectivity index (χ3v) is 6.32. The average molecular weight is 425 g/mol. The average Bonchev–Trinajstić information content (AvgIpc) is 3.11. The van der Waals surface area contributed by atoms with Crippen molar-refractivity contribution in [1.82, 2.24) is 15.2 Å². The summed E-state index contributed by atoms with van der Waals surface area (Å²) in [6, 6.07) is 1.73. The van der Waals surface area contributed by atoms with Gasteiger partial charge in [-0.05, 0) is 49.3 Å². The van der Waals surface area contributed by atoms with Crippen molar-refractivity contribution >= 4 is 17.6 Å². The van der Waals surface area contributed by atoms with E-state index in [1.807, 2.05) is 13.8 Å². The number of halogens is 3. The molecule has 6 nitrogen and oxygen atoms in total. The van der Waals surface area contributed by atoms with Crippen molar-refractivity contribution in [1.29, 1.82) is 0 Å². The Bertz CT molecular complexity index is 853. The lowest BCUT2D eigenvalue weighted by atomic mass is 9.74.